The molecule has 0 aliphatic heterocycles. The van der Waals surface area contributed by atoms with E-state index >= 15 is 0 Å². The second kappa shape index (κ2) is 4.21. The van der Waals surface area contributed by atoms with Gasteiger partial charge in [-0.1, -0.05) is 6.07 Å². The Balaban J connectivity index is 2.19. The van der Waals surface area contributed by atoms with Crippen molar-refractivity contribution in [3.05, 3.63) is 24.0 Å². The Kier molecular flexibility index (Phi) is 2.75. The predicted molar refractivity (Wildman–Crippen MR) is 69.8 cm³/mol. The van der Waals surface area contributed by atoms with E-state index in [9.17, 15) is 8.42 Å². The molecule has 102 valence electrons. The van der Waals surface area contributed by atoms with Crippen molar-refractivity contribution in [3.63, 3.8) is 0 Å². The first-order chi connectivity index (χ1) is 9.03. The van der Waals surface area contributed by atoms with Crippen LogP contribution in [-0.4, -0.2) is 31.0 Å². The highest BCUT2D eigenvalue weighted by Gasteiger charge is 2.31. The van der Waals surface area contributed by atoms with Gasteiger partial charge in [-0.15, -0.1) is 0 Å². The highest BCUT2D eigenvalue weighted by Crippen LogP contribution is 2.26. The highest BCUT2D eigenvalue weighted by atomic mass is 32.2. The maximum Gasteiger partial charge on any atom is 0.260 e. The number of aryl methyl sites for hydroxylation is 1. The maximum absolute atomic E-state index is 12.3. The lowest BCUT2D eigenvalue weighted by molar-refractivity contribution is 0.391. The molecule has 0 spiro atoms. The van der Waals surface area contributed by atoms with E-state index in [4.69, 9.17) is 4.74 Å². The SMILES string of the molecule is COc1cccc2c(S(=O)(=O)NC3CC3)nc(C)n12. The Labute approximate surface area is 111 Å². The van der Waals surface area contributed by atoms with E-state index in [1.807, 2.05) is 0 Å². The molecule has 1 saturated carbocycles. The Morgan fingerprint density at radius 3 is 2.79 bits per heavy atom. The molecule has 1 fully saturated rings. The van der Waals surface area contributed by atoms with Crippen molar-refractivity contribution in [2.75, 3.05) is 7.11 Å². The van der Waals surface area contributed by atoms with Crippen molar-refractivity contribution in [1.29, 1.82) is 0 Å². The van der Waals surface area contributed by atoms with E-state index in [1.165, 1.54) is 0 Å². The molecule has 1 N–H and O–H groups in total. The van der Waals surface area contributed by atoms with Crippen molar-refractivity contribution in [2.24, 2.45) is 0 Å². The average Bonchev–Trinajstić information content (AvgIpc) is 3.10. The van der Waals surface area contributed by atoms with Crippen LogP contribution in [0.3, 0.4) is 0 Å². The number of aromatic nitrogens is 2. The van der Waals surface area contributed by atoms with Crippen LogP contribution in [0.1, 0.15) is 18.7 Å². The van der Waals surface area contributed by atoms with E-state index in [2.05, 4.69) is 9.71 Å². The minimum Gasteiger partial charge on any atom is -0.482 e. The smallest absolute Gasteiger partial charge is 0.260 e. The first kappa shape index (κ1) is 12.4. The molecule has 0 radical (unpaired) electrons. The summed E-state index contributed by atoms with van der Waals surface area (Å²) in [5.74, 6) is 1.15. The lowest BCUT2D eigenvalue weighted by Gasteiger charge is -2.05. The van der Waals surface area contributed by atoms with Crippen LogP contribution >= 0.6 is 0 Å². The molecular formula is C12H15N3O3S. The van der Waals surface area contributed by atoms with Gasteiger partial charge in [0.15, 0.2) is 10.9 Å². The van der Waals surface area contributed by atoms with Crippen molar-refractivity contribution in [2.45, 2.75) is 30.8 Å². The first-order valence-electron chi connectivity index (χ1n) is 6.07. The van der Waals surface area contributed by atoms with Crippen LogP contribution in [0.5, 0.6) is 5.88 Å². The van der Waals surface area contributed by atoms with Gasteiger partial charge in [-0.2, -0.15) is 0 Å². The van der Waals surface area contributed by atoms with Crippen LogP contribution < -0.4 is 9.46 Å². The van der Waals surface area contributed by atoms with E-state index < -0.39 is 10.0 Å². The molecule has 3 rings (SSSR count). The number of nitrogens with zero attached hydrogens (tertiary/aromatic N) is 2. The average molecular weight is 281 g/mol. The second-order valence-electron chi connectivity index (χ2n) is 4.65. The Hall–Kier alpha value is -1.60. The van der Waals surface area contributed by atoms with Crippen LogP contribution in [0.2, 0.25) is 0 Å². The predicted octanol–water partition coefficient (Wildman–Crippen LogP) is 1.09. The first-order valence-corrected chi connectivity index (χ1v) is 7.55. The van der Waals surface area contributed by atoms with Gasteiger partial charge in [0, 0.05) is 6.04 Å². The van der Waals surface area contributed by atoms with Crippen LogP contribution in [0.25, 0.3) is 5.52 Å². The van der Waals surface area contributed by atoms with Crippen molar-refractivity contribution in [3.8, 4) is 5.88 Å². The number of hydrogen-bond acceptors (Lipinski definition) is 4. The second-order valence-corrected chi connectivity index (χ2v) is 6.28. The largest absolute Gasteiger partial charge is 0.482 e. The van der Waals surface area contributed by atoms with Crippen molar-refractivity contribution >= 4 is 15.5 Å². The molecule has 0 bridgehead atoms. The molecule has 0 unspecified atom stereocenters. The zero-order valence-corrected chi connectivity index (χ0v) is 11.6. The molecule has 0 aromatic carbocycles. The quantitative estimate of drug-likeness (QED) is 0.910. The number of methoxy groups -OCH3 is 1. The summed E-state index contributed by atoms with van der Waals surface area (Å²) in [7, 11) is -2.02. The van der Waals surface area contributed by atoms with Gasteiger partial charge in [0.1, 0.15) is 5.82 Å². The monoisotopic (exact) mass is 281 g/mol. The Morgan fingerprint density at radius 2 is 2.16 bits per heavy atom. The summed E-state index contributed by atoms with van der Waals surface area (Å²) < 4.78 is 34.1. The van der Waals surface area contributed by atoms with Gasteiger partial charge in [-0.05, 0) is 31.9 Å². The summed E-state index contributed by atoms with van der Waals surface area (Å²) in [5.41, 5.74) is 0.532. The molecule has 0 saturated heterocycles. The van der Waals surface area contributed by atoms with Crippen LogP contribution in [0.4, 0.5) is 0 Å². The van der Waals surface area contributed by atoms with Gasteiger partial charge in [0.05, 0.1) is 12.6 Å². The number of imidazole rings is 1. The fraction of sp³-hybridized carbons (Fsp3) is 0.417. The molecular weight excluding hydrogens is 266 g/mol. The maximum atomic E-state index is 12.3. The standard InChI is InChI=1S/C12H15N3O3S/c1-8-13-12(19(16,17)14-9-6-7-9)10-4-3-5-11(18-2)15(8)10/h3-5,9,14H,6-7H2,1-2H3. The van der Waals surface area contributed by atoms with Crippen molar-refractivity contribution in [1.82, 2.24) is 14.1 Å². The summed E-state index contributed by atoms with van der Waals surface area (Å²) in [4.78, 5) is 4.18. The molecule has 1 aliphatic carbocycles. The zero-order valence-electron chi connectivity index (χ0n) is 10.8. The fourth-order valence-corrected chi connectivity index (χ4v) is 3.55. The fourth-order valence-electron chi connectivity index (χ4n) is 2.08. The molecule has 2 aromatic rings. The summed E-state index contributed by atoms with van der Waals surface area (Å²) in [6, 6.07) is 5.31. The minimum atomic E-state index is -3.57. The lowest BCUT2D eigenvalue weighted by atomic mass is 10.4. The molecule has 7 heteroatoms. The van der Waals surface area contributed by atoms with Crippen LogP contribution in [0.15, 0.2) is 23.2 Å². The van der Waals surface area contributed by atoms with Crippen LogP contribution in [-0.2, 0) is 10.0 Å². The summed E-state index contributed by atoms with van der Waals surface area (Å²) in [6.45, 7) is 1.76. The number of nitrogens with one attached hydrogen (secondary N) is 1. The molecule has 2 heterocycles. The number of ether oxygens (including phenoxy) is 1. The number of hydrogen-bond donors (Lipinski definition) is 1. The van der Waals surface area contributed by atoms with Gasteiger partial charge in [0.25, 0.3) is 10.0 Å². The van der Waals surface area contributed by atoms with Crippen molar-refractivity contribution < 1.29 is 13.2 Å². The van der Waals surface area contributed by atoms with Gasteiger partial charge >= 0.3 is 0 Å². The topological polar surface area (TPSA) is 72.7 Å². The molecule has 0 atom stereocenters. The summed E-state index contributed by atoms with van der Waals surface area (Å²) in [6.07, 6.45) is 1.79. The Bertz CT molecular complexity index is 732. The third kappa shape index (κ3) is 2.08. The van der Waals surface area contributed by atoms with Gasteiger partial charge in [0.2, 0.25) is 0 Å². The lowest BCUT2D eigenvalue weighted by Crippen LogP contribution is -2.26. The molecule has 2 aromatic heterocycles. The molecule has 6 nitrogen and oxygen atoms in total. The van der Waals surface area contributed by atoms with E-state index in [0.717, 1.165) is 12.8 Å². The molecule has 0 amide bonds. The van der Waals surface area contributed by atoms with Gasteiger partial charge < -0.3 is 4.74 Å². The van der Waals surface area contributed by atoms with E-state index in [0.29, 0.717) is 17.2 Å². The molecule has 1 aliphatic rings. The van der Waals surface area contributed by atoms with E-state index in [1.54, 1.807) is 36.6 Å². The number of pyridine rings is 1. The summed E-state index contributed by atoms with van der Waals surface area (Å²) >= 11 is 0. The third-order valence-corrected chi connectivity index (χ3v) is 4.58. The van der Waals surface area contributed by atoms with E-state index in [-0.39, 0.29) is 11.1 Å². The molecule has 19 heavy (non-hydrogen) atoms. The normalized spacial score (nSPS) is 15.9. The number of rotatable bonds is 4. The summed E-state index contributed by atoms with van der Waals surface area (Å²) in [5, 5.41) is 0.0656. The Morgan fingerprint density at radius 1 is 1.42 bits per heavy atom. The highest BCUT2D eigenvalue weighted by molar-refractivity contribution is 7.89. The zero-order chi connectivity index (χ0) is 13.6. The number of fused-ring (bicyclic) bond motifs is 1. The van der Waals surface area contributed by atoms with Gasteiger partial charge in [-0.25, -0.2) is 18.1 Å². The van der Waals surface area contributed by atoms with Crippen LogP contribution in [0, 0.1) is 6.92 Å². The number of sulfonamides is 1. The van der Waals surface area contributed by atoms with Gasteiger partial charge in [-0.3, -0.25) is 4.40 Å². The third-order valence-electron chi connectivity index (χ3n) is 3.12. The minimum absolute atomic E-state index is 0.0627.